The Balaban J connectivity index is 1.06. The Morgan fingerprint density at radius 1 is 0.820 bits per heavy atom. The van der Waals surface area contributed by atoms with Gasteiger partial charge in [-0.15, -0.1) is 0 Å². The molecule has 4 aliphatic carbocycles. The fourth-order valence-electron chi connectivity index (χ4n) is 14.2. The second-order valence-corrected chi connectivity index (χ2v) is 30.5. The number of carbonyl (C=O) groups excluding carboxylic acids is 1. The molecule has 7 fully saturated rings. The third kappa shape index (κ3) is 5.93. The van der Waals surface area contributed by atoms with Crippen LogP contribution < -0.4 is 20.3 Å². The predicted molar refractivity (Wildman–Crippen MR) is 243 cm³/mol. The summed E-state index contributed by atoms with van der Waals surface area (Å²) in [6.45, 7) is 15.1. The molecule has 0 amide bonds. The van der Waals surface area contributed by atoms with Gasteiger partial charge >= 0.3 is 5.97 Å². The van der Waals surface area contributed by atoms with Crippen molar-refractivity contribution in [3.8, 4) is 5.75 Å². The predicted octanol–water partition coefficient (Wildman–Crippen LogP) is 8.33. The van der Waals surface area contributed by atoms with Crippen LogP contribution in [0.15, 0.2) is 115 Å². The van der Waals surface area contributed by atoms with E-state index in [-0.39, 0.29) is 40.8 Å². The van der Waals surface area contributed by atoms with Gasteiger partial charge in [0.05, 0.1) is 45.5 Å². The molecule has 1 unspecified atom stereocenters. The Morgan fingerprint density at radius 2 is 1.43 bits per heavy atom. The zero-order valence-electron chi connectivity index (χ0n) is 37.1. The van der Waals surface area contributed by atoms with Crippen LogP contribution in [-0.2, 0) is 29.4 Å². The van der Waals surface area contributed by atoms with E-state index in [1.165, 1.54) is 15.6 Å². The van der Waals surface area contributed by atoms with Gasteiger partial charge in [0.25, 0.3) is 8.32 Å². The van der Waals surface area contributed by atoms with Gasteiger partial charge in [-0.3, -0.25) is 4.79 Å². The summed E-state index contributed by atoms with van der Waals surface area (Å²) in [7, 11) is -3.22. The van der Waals surface area contributed by atoms with E-state index in [0.29, 0.717) is 38.0 Å². The number of Topliss-reactive ketones (excluding diaryl/α,β-unsaturated/α-hetero) is 1. The number of hydrogen-bond acceptors (Lipinski definition) is 7. The van der Waals surface area contributed by atoms with E-state index in [2.05, 4.69) is 132 Å². The molecule has 3 heterocycles. The zero-order chi connectivity index (χ0) is 42.6. The van der Waals surface area contributed by atoms with Gasteiger partial charge in [0.2, 0.25) is 0 Å². The molecule has 7 nitrogen and oxygen atoms in total. The Bertz CT molecular complexity index is 2210. The molecule has 1 spiro atoms. The molecule has 1 N–H and O–H groups in total. The fraction of sp³-hybridized carbons (Fsp3) is 0.519. The topological polar surface area (TPSA) is 83.5 Å². The van der Waals surface area contributed by atoms with Crippen molar-refractivity contribution < 1.29 is 33.3 Å². The van der Waals surface area contributed by atoms with Gasteiger partial charge in [0.15, 0.2) is 0 Å². The van der Waals surface area contributed by atoms with E-state index in [0.717, 1.165) is 30.6 Å². The maximum Gasteiger partial charge on any atom is 0.312 e. The first-order valence-corrected chi connectivity index (χ1v) is 27.8. The summed E-state index contributed by atoms with van der Waals surface area (Å²) >= 11 is 0. The molecule has 4 saturated carbocycles. The Morgan fingerprint density at radius 3 is 2.02 bits per heavy atom. The van der Waals surface area contributed by atoms with Crippen molar-refractivity contribution in [3.63, 3.8) is 0 Å². The van der Waals surface area contributed by atoms with Gasteiger partial charge in [-0.25, -0.2) is 0 Å². The van der Waals surface area contributed by atoms with E-state index in [9.17, 15) is 5.11 Å². The van der Waals surface area contributed by atoms with Gasteiger partial charge < -0.3 is 28.5 Å². The normalized spacial score (nSPS) is 36.8. The lowest BCUT2D eigenvalue weighted by atomic mass is 9.41. The van der Waals surface area contributed by atoms with Crippen molar-refractivity contribution in [1.82, 2.24) is 0 Å². The molecular formula is C52H64O7Si2. The monoisotopic (exact) mass is 856 g/mol. The minimum Gasteiger partial charge on any atom is -0.497 e. The summed E-state index contributed by atoms with van der Waals surface area (Å²) in [6, 6.07) is 40.5. The number of ketones is 1. The third-order valence-electron chi connectivity index (χ3n) is 17.5. The van der Waals surface area contributed by atoms with Crippen LogP contribution >= 0.6 is 0 Å². The Hall–Kier alpha value is -3.42. The minimum atomic E-state index is -2.88. The summed E-state index contributed by atoms with van der Waals surface area (Å²) < 4.78 is 35.2. The first kappa shape index (κ1) is 41.6. The molecule has 11 atom stereocenters. The van der Waals surface area contributed by atoms with E-state index in [1.54, 1.807) is 7.11 Å². The van der Waals surface area contributed by atoms with Gasteiger partial charge in [0, 0.05) is 35.3 Å². The number of rotatable bonds is 9. The fourth-order valence-corrected chi connectivity index (χ4v) is 22.0. The summed E-state index contributed by atoms with van der Waals surface area (Å²) in [5, 5.41) is 17.3. The summed E-state index contributed by atoms with van der Waals surface area (Å²) in [5.74, 6) is -1.26. The van der Waals surface area contributed by atoms with Crippen LogP contribution in [0.3, 0.4) is 0 Å². The molecule has 322 valence electrons. The Labute approximate surface area is 364 Å². The highest BCUT2D eigenvalue weighted by molar-refractivity contribution is 6.99. The van der Waals surface area contributed by atoms with Crippen LogP contribution in [0.2, 0.25) is 23.7 Å². The van der Waals surface area contributed by atoms with Gasteiger partial charge in [0.1, 0.15) is 11.5 Å². The second kappa shape index (κ2) is 14.6. The second-order valence-electron chi connectivity index (χ2n) is 21.3. The lowest BCUT2D eigenvalue weighted by Crippen LogP contribution is -2.73. The molecule has 7 aliphatic rings. The van der Waals surface area contributed by atoms with E-state index < -0.39 is 44.7 Å². The first-order valence-electron chi connectivity index (χ1n) is 22.8. The van der Waals surface area contributed by atoms with E-state index in [4.69, 9.17) is 23.4 Å². The summed E-state index contributed by atoms with van der Waals surface area (Å²) in [6.07, 6.45) is 3.63. The number of hydrogen-bond donors (Lipinski definition) is 1. The van der Waals surface area contributed by atoms with Crippen LogP contribution in [0, 0.1) is 34.5 Å². The van der Waals surface area contributed by atoms with Crippen molar-refractivity contribution in [1.29, 1.82) is 0 Å². The van der Waals surface area contributed by atoms with E-state index >= 15 is 4.79 Å². The number of aliphatic hydroxyl groups is 1. The lowest BCUT2D eigenvalue weighted by Gasteiger charge is -2.66. The van der Waals surface area contributed by atoms with Crippen molar-refractivity contribution in [2.75, 3.05) is 20.3 Å². The van der Waals surface area contributed by atoms with Crippen LogP contribution in [0.1, 0.15) is 71.8 Å². The quantitative estimate of drug-likeness (QED) is 0.170. The zero-order valence-corrected chi connectivity index (χ0v) is 39.1. The van der Waals surface area contributed by atoms with Crippen molar-refractivity contribution in [2.45, 2.75) is 114 Å². The number of fused-ring (bicyclic) bond motifs is 3. The summed E-state index contributed by atoms with van der Waals surface area (Å²) in [4.78, 5) is 15.3. The SMILES string of the molecule is COc1ccc(C23OC[C@]45[C@H](CC(=O)[C@@H]6[C@@H]4[C@@H](C[C@]4(C)[C@@H](CO[Si](c7ccccc7)(c7ccccc7)C(C)(C)C)CC[C@]64O)O2)C[C@@H]([Si](C)(C)c2ccccc2)C[C@H]5O3)cc1. The molecule has 61 heavy (non-hydrogen) atoms. The van der Waals surface area contributed by atoms with Crippen molar-refractivity contribution in [3.05, 3.63) is 121 Å². The lowest BCUT2D eigenvalue weighted by molar-refractivity contribution is -0.445. The van der Waals surface area contributed by atoms with Gasteiger partial charge in [-0.1, -0.05) is 137 Å². The highest BCUT2D eigenvalue weighted by Gasteiger charge is 2.78. The molecule has 3 aliphatic heterocycles. The van der Waals surface area contributed by atoms with Crippen LogP contribution in [-0.4, -0.2) is 65.4 Å². The molecule has 9 heteroatoms. The number of benzene rings is 4. The molecule has 0 radical (unpaired) electrons. The average molecular weight is 857 g/mol. The first-order chi connectivity index (χ1) is 29.1. The number of ether oxygens (including phenoxy) is 4. The average Bonchev–Trinajstić information content (AvgIpc) is 3.35. The standard InChI is InChI=1S/C52H64O7Si2/c1-48(2,3)61(40-19-13-9-14-20-40,41-21-15-10-16-22-41)57-33-36-27-28-51(54)46-43(53)30-37-29-42(60(6,7)39-17-11-8-12-18-39)31-45-50(37)34-56-52(59-45,35-23-25-38(55-5)26-24-35)58-44(47(46)50)32-49(36,51)4/h8-26,36-37,42,44-47,54H,27-34H2,1-7H3/t36-,37+,42-,44-,45-,46-,47+,49-,50-,51+,52?/m1/s1. The van der Waals surface area contributed by atoms with E-state index in [1.807, 2.05) is 24.3 Å². The van der Waals surface area contributed by atoms with Crippen molar-refractivity contribution >= 4 is 37.7 Å². The number of carbonyl (C=O) groups is 1. The highest BCUT2D eigenvalue weighted by atomic mass is 28.4. The largest absolute Gasteiger partial charge is 0.497 e. The number of methoxy groups -OCH3 is 1. The van der Waals surface area contributed by atoms with Crippen LogP contribution in [0.4, 0.5) is 0 Å². The molecule has 11 rings (SSSR count). The molecule has 4 aromatic carbocycles. The van der Waals surface area contributed by atoms with Crippen LogP contribution in [0.5, 0.6) is 5.75 Å². The smallest absolute Gasteiger partial charge is 0.312 e. The molecule has 4 aromatic rings. The maximum absolute atomic E-state index is 15.3. The maximum atomic E-state index is 15.3. The summed E-state index contributed by atoms with van der Waals surface area (Å²) in [5.41, 5.74) is -1.15. The third-order valence-corrected chi connectivity index (χ3v) is 26.9. The molecular weight excluding hydrogens is 793 g/mol. The van der Waals surface area contributed by atoms with Crippen LogP contribution in [0.25, 0.3) is 0 Å². The molecule has 0 aromatic heterocycles. The highest BCUT2D eigenvalue weighted by Crippen LogP contribution is 2.73. The van der Waals surface area contributed by atoms with Crippen molar-refractivity contribution in [2.24, 2.45) is 34.5 Å². The minimum absolute atomic E-state index is 0.00407. The Kier molecular flexibility index (Phi) is 9.92. The molecule has 3 saturated heterocycles. The van der Waals surface area contributed by atoms with Gasteiger partial charge in [-0.05, 0) is 89.2 Å². The van der Waals surface area contributed by atoms with Gasteiger partial charge in [-0.2, -0.15) is 0 Å². The molecule has 2 bridgehead atoms.